The van der Waals surface area contributed by atoms with E-state index in [1.807, 2.05) is 18.2 Å². The maximum Gasteiger partial charge on any atom is 0.264 e. The Bertz CT molecular complexity index is 911. The number of nitrogens with one attached hydrogen (secondary N) is 2. The van der Waals surface area contributed by atoms with Crippen molar-refractivity contribution in [2.45, 2.75) is 5.16 Å². The number of nitrogen functional groups attached to an aromatic ring is 1. The zero-order chi connectivity index (χ0) is 18.4. The van der Waals surface area contributed by atoms with Crippen molar-refractivity contribution >= 4 is 51.4 Å². The molecule has 0 saturated heterocycles. The van der Waals surface area contributed by atoms with Gasteiger partial charge in [-0.2, -0.15) is 5.10 Å². The second-order valence-corrected chi connectivity index (χ2v) is 6.68. The van der Waals surface area contributed by atoms with Crippen LogP contribution in [0.4, 0.5) is 11.6 Å². The van der Waals surface area contributed by atoms with Gasteiger partial charge in [-0.15, -0.1) is 10.2 Å². The summed E-state index contributed by atoms with van der Waals surface area (Å²) in [6.45, 7) is 0. The number of amides is 1. The standard InChI is InChI=1S/C15H14BrN7O2S/c16-11-5-1-2-6-12(11)19-13(24)9-26-15-22-21-14(23(15)17)20-18-8-10-4-3-7-25-10/h1-8H,9,17H2,(H,19,24)(H,20,21)/b18-8+. The first-order chi connectivity index (χ1) is 12.6. The Morgan fingerprint density at radius 2 is 2.19 bits per heavy atom. The van der Waals surface area contributed by atoms with Gasteiger partial charge in [0, 0.05) is 4.47 Å². The van der Waals surface area contributed by atoms with Crippen molar-refractivity contribution in [3.8, 4) is 0 Å². The first kappa shape index (κ1) is 18.0. The molecule has 0 spiro atoms. The molecule has 0 radical (unpaired) electrons. The van der Waals surface area contributed by atoms with Crippen LogP contribution in [0.15, 0.2) is 61.8 Å². The molecule has 2 aromatic heterocycles. The van der Waals surface area contributed by atoms with Gasteiger partial charge in [-0.1, -0.05) is 23.9 Å². The van der Waals surface area contributed by atoms with Crippen LogP contribution in [0.5, 0.6) is 0 Å². The third kappa shape index (κ3) is 4.64. The number of halogens is 1. The van der Waals surface area contributed by atoms with Crippen molar-refractivity contribution in [2.75, 3.05) is 22.3 Å². The molecule has 0 atom stereocenters. The topological polar surface area (TPSA) is 123 Å². The average Bonchev–Trinajstić information content (AvgIpc) is 3.26. The monoisotopic (exact) mass is 435 g/mol. The fourth-order valence-electron chi connectivity index (χ4n) is 1.85. The second kappa shape index (κ2) is 8.54. The number of anilines is 2. The van der Waals surface area contributed by atoms with Crippen LogP contribution in [0.25, 0.3) is 0 Å². The van der Waals surface area contributed by atoms with E-state index in [-0.39, 0.29) is 17.6 Å². The summed E-state index contributed by atoms with van der Waals surface area (Å²) >= 11 is 4.54. The number of carbonyl (C=O) groups is 1. The second-order valence-electron chi connectivity index (χ2n) is 4.88. The van der Waals surface area contributed by atoms with E-state index in [9.17, 15) is 4.79 Å². The molecule has 0 aliphatic carbocycles. The molecule has 11 heteroatoms. The summed E-state index contributed by atoms with van der Waals surface area (Å²) in [7, 11) is 0. The summed E-state index contributed by atoms with van der Waals surface area (Å²) in [5.74, 6) is 6.66. The number of rotatable bonds is 7. The molecule has 3 rings (SSSR count). The van der Waals surface area contributed by atoms with E-state index in [1.54, 1.807) is 24.5 Å². The number of carbonyl (C=O) groups excluding carboxylic acids is 1. The Morgan fingerprint density at radius 3 is 2.96 bits per heavy atom. The van der Waals surface area contributed by atoms with Crippen LogP contribution in [-0.4, -0.2) is 32.7 Å². The van der Waals surface area contributed by atoms with Gasteiger partial charge in [-0.05, 0) is 40.2 Å². The number of aromatic nitrogens is 3. The molecule has 1 aromatic carbocycles. The number of hydrazone groups is 1. The smallest absolute Gasteiger partial charge is 0.264 e. The number of hydrogen-bond donors (Lipinski definition) is 3. The van der Waals surface area contributed by atoms with E-state index >= 15 is 0 Å². The molecular formula is C15H14BrN7O2S. The maximum absolute atomic E-state index is 12.1. The molecule has 1 amide bonds. The van der Waals surface area contributed by atoms with Gasteiger partial charge < -0.3 is 15.6 Å². The lowest BCUT2D eigenvalue weighted by molar-refractivity contribution is -0.113. The summed E-state index contributed by atoms with van der Waals surface area (Å²) in [4.78, 5) is 12.1. The highest BCUT2D eigenvalue weighted by Crippen LogP contribution is 2.22. The fraction of sp³-hybridized carbons (Fsp3) is 0.0667. The molecule has 0 bridgehead atoms. The van der Waals surface area contributed by atoms with E-state index in [1.165, 1.54) is 10.9 Å². The largest absolute Gasteiger partial charge is 0.463 e. The molecule has 26 heavy (non-hydrogen) atoms. The van der Waals surface area contributed by atoms with E-state index < -0.39 is 0 Å². The van der Waals surface area contributed by atoms with Crippen LogP contribution < -0.4 is 16.6 Å². The quantitative estimate of drug-likeness (QED) is 0.225. The van der Waals surface area contributed by atoms with Gasteiger partial charge in [0.05, 0.1) is 23.9 Å². The lowest BCUT2D eigenvalue weighted by Crippen LogP contribution is -2.17. The van der Waals surface area contributed by atoms with Crippen molar-refractivity contribution < 1.29 is 9.21 Å². The molecule has 2 heterocycles. The highest BCUT2D eigenvalue weighted by atomic mass is 79.9. The van der Waals surface area contributed by atoms with Gasteiger partial charge >= 0.3 is 0 Å². The number of thioether (sulfide) groups is 1. The third-order valence-corrected chi connectivity index (χ3v) is 4.68. The average molecular weight is 436 g/mol. The number of benzene rings is 1. The number of hydrogen-bond acceptors (Lipinski definition) is 8. The number of nitrogens with zero attached hydrogens (tertiary/aromatic N) is 4. The minimum Gasteiger partial charge on any atom is -0.463 e. The van der Waals surface area contributed by atoms with Gasteiger partial charge in [0.1, 0.15) is 5.76 Å². The van der Waals surface area contributed by atoms with E-state index in [4.69, 9.17) is 10.3 Å². The Kier molecular flexibility index (Phi) is 5.92. The van der Waals surface area contributed by atoms with Crippen molar-refractivity contribution in [2.24, 2.45) is 5.10 Å². The predicted octanol–water partition coefficient (Wildman–Crippen LogP) is 2.52. The van der Waals surface area contributed by atoms with Gasteiger partial charge in [0.2, 0.25) is 11.1 Å². The summed E-state index contributed by atoms with van der Waals surface area (Å²) < 4.78 is 7.14. The van der Waals surface area contributed by atoms with Crippen molar-refractivity contribution in [3.63, 3.8) is 0 Å². The van der Waals surface area contributed by atoms with Crippen LogP contribution in [0.3, 0.4) is 0 Å². The predicted molar refractivity (Wildman–Crippen MR) is 104 cm³/mol. The molecule has 0 fully saturated rings. The maximum atomic E-state index is 12.1. The third-order valence-electron chi connectivity index (χ3n) is 3.04. The Balaban J connectivity index is 1.53. The SMILES string of the molecule is Nn1c(N/N=C/c2ccco2)nnc1SCC(=O)Nc1ccccc1Br. The molecule has 0 saturated carbocycles. The molecular weight excluding hydrogens is 422 g/mol. The number of nitrogens with two attached hydrogens (primary N) is 1. The lowest BCUT2D eigenvalue weighted by atomic mass is 10.3. The molecule has 4 N–H and O–H groups in total. The Morgan fingerprint density at radius 1 is 1.35 bits per heavy atom. The van der Waals surface area contributed by atoms with Gasteiger partial charge in [-0.3, -0.25) is 4.79 Å². The molecule has 9 nitrogen and oxygen atoms in total. The van der Waals surface area contributed by atoms with E-state index in [0.29, 0.717) is 16.6 Å². The van der Waals surface area contributed by atoms with E-state index in [0.717, 1.165) is 16.2 Å². The van der Waals surface area contributed by atoms with Crippen LogP contribution in [0.2, 0.25) is 0 Å². The zero-order valence-electron chi connectivity index (χ0n) is 13.3. The molecule has 0 unspecified atom stereocenters. The zero-order valence-corrected chi connectivity index (χ0v) is 15.7. The molecule has 134 valence electrons. The lowest BCUT2D eigenvalue weighted by Gasteiger charge is -2.06. The van der Waals surface area contributed by atoms with Gasteiger partial charge in [0.25, 0.3) is 5.95 Å². The summed E-state index contributed by atoms with van der Waals surface area (Å²) in [6.07, 6.45) is 3.02. The van der Waals surface area contributed by atoms with Crippen molar-refractivity contribution in [3.05, 3.63) is 52.9 Å². The minimum absolute atomic E-state index is 0.131. The van der Waals surface area contributed by atoms with Crippen LogP contribution in [0.1, 0.15) is 5.76 Å². The first-order valence-corrected chi connectivity index (χ1v) is 9.11. The van der Waals surface area contributed by atoms with Crippen molar-refractivity contribution in [1.29, 1.82) is 0 Å². The molecule has 0 aliphatic rings. The summed E-state index contributed by atoms with van der Waals surface area (Å²) in [6, 6.07) is 10.9. The van der Waals surface area contributed by atoms with E-state index in [2.05, 4.69) is 42.0 Å². The Labute approximate surface area is 161 Å². The number of furan rings is 1. The van der Waals surface area contributed by atoms with Gasteiger partial charge in [0.15, 0.2) is 0 Å². The van der Waals surface area contributed by atoms with Crippen LogP contribution in [0, 0.1) is 0 Å². The fourth-order valence-corrected chi connectivity index (χ4v) is 2.89. The van der Waals surface area contributed by atoms with Crippen molar-refractivity contribution in [1.82, 2.24) is 14.9 Å². The Hall–Kier alpha value is -2.79. The van der Waals surface area contributed by atoms with Gasteiger partial charge in [-0.25, -0.2) is 10.1 Å². The highest BCUT2D eigenvalue weighted by Gasteiger charge is 2.12. The number of para-hydroxylation sites is 1. The summed E-state index contributed by atoms with van der Waals surface area (Å²) in [5, 5.41) is 14.9. The molecule has 3 aromatic rings. The minimum atomic E-state index is -0.185. The first-order valence-electron chi connectivity index (χ1n) is 7.34. The molecule has 0 aliphatic heterocycles. The normalized spacial score (nSPS) is 11.0. The highest BCUT2D eigenvalue weighted by molar-refractivity contribution is 9.10. The van der Waals surface area contributed by atoms with Crippen LogP contribution in [-0.2, 0) is 4.79 Å². The summed E-state index contributed by atoms with van der Waals surface area (Å²) in [5.41, 5.74) is 3.36. The van der Waals surface area contributed by atoms with Crippen LogP contribution >= 0.6 is 27.7 Å².